The number of carboxylic acid groups (broad SMARTS) is 1. The van der Waals surface area contributed by atoms with Crippen molar-refractivity contribution in [2.24, 2.45) is 5.92 Å². The Labute approximate surface area is 219 Å². The number of fused-ring (bicyclic) bond motifs is 1. The van der Waals surface area contributed by atoms with E-state index in [2.05, 4.69) is 13.8 Å². The zero-order valence-electron chi connectivity index (χ0n) is 22.0. The molecular weight excluding hydrogens is 472 g/mol. The molecule has 0 saturated carbocycles. The lowest BCUT2D eigenvalue weighted by atomic mass is 9.82. The number of aliphatic carboxylic acids is 1. The minimum Gasteiger partial charge on any atom is -0.497 e. The van der Waals surface area contributed by atoms with E-state index in [0.717, 1.165) is 49.9 Å². The number of carbonyl (C=O) groups is 2. The number of likely N-dealkylation sites (tertiary alicyclic amines) is 1. The van der Waals surface area contributed by atoms with E-state index in [-0.39, 0.29) is 25.2 Å². The SMILES string of the molecule is CCCCN(CCCC)C(=O)CN1C[C@@H](c2ccc3c(c2)OCO3)[C@H](C(=O)O)[C@@H]1c1ccc(OC)cc1. The molecule has 4 rings (SSSR count). The topological polar surface area (TPSA) is 88.5 Å². The number of methoxy groups -OCH3 is 1. The first kappa shape index (κ1) is 26.8. The Morgan fingerprint density at radius 3 is 2.27 bits per heavy atom. The molecule has 0 aliphatic carbocycles. The summed E-state index contributed by atoms with van der Waals surface area (Å²) in [5.74, 6) is 0.113. The van der Waals surface area contributed by atoms with Crippen molar-refractivity contribution >= 4 is 11.9 Å². The summed E-state index contributed by atoms with van der Waals surface area (Å²) >= 11 is 0. The van der Waals surface area contributed by atoms with Crippen LogP contribution in [0.2, 0.25) is 0 Å². The number of carbonyl (C=O) groups excluding carboxylic acids is 1. The summed E-state index contributed by atoms with van der Waals surface area (Å²) in [7, 11) is 1.60. The molecule has 1 fully saturated rings. The maximum atomic E-state index is 13.5. The first-order valence-electron chi connectivity index (χ1n) is 13.2. The maximum Gasteiger partial charge on any atom is 0.309 e. The van der Waals surface area contributed by atoms with Gasteiger partial charge in [-0.1, -0.05) is 44.9 Å². The molecule has 0 aromatic heterocycles. The lowest BCUT2D eigenvalue weighted by molar-refractivity contribution is -0.144. The van der Waals surface area contributed by atoms with E-state index in [9.17, 15) is 14.7 Å². The summed E-state index contributed by atoms with van der Waals surface area (Å²) < 4.78 is 16.3. The van der Waals surface area contributed by atoms with Crippen molar-refractivity contribution in [2.45, 2.75) is 51.5 Å². The number of ether oxygens (including phenoxy) is 3. The fourth-order valence-electron chi connectivity index (χ4n) is 5.41. The van der Waals surface area contributed by atoms with E-state index in [4.69, 9.17) is 14.2 Å². The molecule has 2 aromatic rings. The Morgan fingerprint density at radius 1 is 1.00 bits per heavy atom. The van der Waals surface area contributed by atoms with Gasteiger partial charge in [-0.05, 0) is 48.2 Å². The fraction of sp³-hybridized carbons (Fsp3) is 0.517. The summed E-state index contributed by atoms with van der Waals surface area (Å²) in [5, 5.41) is 10.5. The van der Waals surface area contributed by atoms with Crippen LogP contribution < -0.4 is 14.2 Å². The zero-order valence-corrected chi connectivity index (χ0v) is 22.0. The number of nitrogens with zero attached hydrogens (tertiary/aromatic N) is 2. The Kier molecular flexibility index (Phi) is 8.92. The third-order valence-corrected chi connectivity index (χ3v) is 7.42. The molecule has 0 unspecified atom stereocenters. The Balaban J connectivity index is 1.67. The van der Waals surface area contributed by atoms with Crippen LogP contribution in [0.15, 0.2) is 42.5 Å². The highest BCUT2D eigenvalue weighted by Gasteiger charge is 2.48. The molecule has 1 amide bonds. The Hall–Kier alpha value is -3.26. The van der Waals surface area contributed by atoms with E-state index in [1.165, 1.54) is 0 Å². The van der Waals surface area contributed by atoms with E-state index >= 15 is 0 Å². The molecule has 2 aromatic carbocycles. The second-order valence-electron chi connectivity index (χ2n) is 9.82. The average molecular weight is 511 g/mol. The van der Waals surface area contributed by atoms with Crippen LogP contribution in [-0.4, -0.2) is 66.9 Å². The molecule has 0 radical (unpaired) electrons. The third-order valence-electron chi connectivity index (χ3n) is 7.42. The van der Waals surface area contributed by atoms with E-state index in [1.54, 1.807) is 7.11 Å². The zero-order chi connectivity index (χ0) is 26.4. The molecule has 200 valence electrons. The van der Waals surface area contributed by atoms with Crippen LogP contribution in [0.25, 0.3) is 0 Å². The smallest absolute Gasteiger partial charge is 0.309 e. The Bertz CT molecular complexity index is 1060. The standard InChI is InChI=1S/C29H38N2O6/c1-4-6-14-30(15-7-5-2)26(32)18-31-17-23(21-10-13-24-25(16-21)37-19-36-24)27(29(33)34)28(31)20-8-11-22(35-3)12-9-20/h8-13,16,23,27-28H,4-7,14-15,17-19H2,1-3H3,(H,33,34)/t23-,27-,28-/m0/s1. The number of hydrogen-bond acceptors (Lipinski definition) is 6. The van der Waals surface area contributed by atoms with Gasteiger partial charge >= 0.3 is 5.97 Å². The normalized spacial score (nSPS) is 20.7. The number of rotatable bonds is 12. The highest BCUT2D eigenvalue weighted by Crippen LogP contribution is 2.47. The molecule has 2 aliphatic heterocycles. The first-order valence-corrected chi connectivity index (χ1v) is 13.2. The van der Waals surface area contributed by atoms with Gasteiger partial charge in [-0.15, -0.1) is 0 Å². The van der Waals surface area contributed by atoms with Crippen LogP contribution in [0.1, 0.15) is 62.6 Å². The van der Waals surface area contributed by atoms with Crippen LogP contribution in [-0.2, 0) is 9.59 Å². The molecular formula is C29H38N2O6. The van der Waals surface area contributed by atoms with Gasteiger partial charge < -0.3 is 24.2 Å². The summed E-state index contributed by atoms with van der Waals surface area (Å²) in [5.41, 5.74) is 1.73. The molecule has 3 atom stereocenters. The van der Waals surface area contributed by atoms with E-state index in [1.807, 2.05) is 52.3 Å². The van der Waals surface area contributed by atoms with E-state index in [0.29, 0.717) is 23.8 Å². The minimum absolute atomic E-state index is 0.0517. The number of carboxylic acids is 1. The van der Waals surface area contributed by atoms with Gasteiger partial charge in [-0.25, -0.2) is 0 Å². The molecule has 2 aliphatic rings. The van der Waals surface area contributed by atoms with Crippen LogP contribution in [0.3, 0.4) is 0 Å². The van der Waals surface area contributed by atoms with Gasteiger partial charge in [0.1, 0.15) is 5.75 Å². The summed E-state index contributed by atoms with van der Waals surface area (Å²) in [6.07, 6.45) is 3.94. The summed E-state index contributed by atoms with van der Waals surface area (Å²) in [6.45, 7) is 6.48. The molecule has 8 nitrogen and oxygen atoms in total. The minimum atomic E-state index is -0.882. The predicted octanol–water partition coefficient (Wildman–Crippen LogP) is 4.69. The number of benzene rings is 2. The van der Waals surface area contributed by atoms with Crippen molar-refractivity contribution in [1.82, 2.24) is 9.80 Å². The van der Waals surface area contributed by atoms with Crippen LogP contribution in [0.4, 0.5) is 0 Å². The van der Waals surface area contributed by atoms with Crippen molar-refractivity contribution in [3.63, 3.8) is 0 Å². The number of hydrogen-bond donors (Lipinski definition) is 1. The van der Waals surface area contributed by atoms with Crippen molar-refractivity contribution in [3.05, 3.63) is 53.6 Å². The molecule has 2 heterocycles. The van der Waals surface area contributed by atoms with Crippen molar-refractivity contribution in [2.75, 3.05) is 40.1 Å². The Morgan fingerprint density at radius 2 is 1.65 bits per heavy atom. The maximum absolute atomic E-state index is 13.5. The van der Waals surface area contributed by atoms with Crippen molar-refractivity contribution in [3.8, 4) is 17.2 Å². The van der Waals surface area contributed by atoms with Crippen LogP contribution in [0, 0.1) is 5.92 Å². The monoisotopic (exact) mass is 510 g/mol. The fourth-order valence-corrected chi connectivity index (χ4v) is 5.41. The number of unbranched alkanes of at least 4 members (excludes halogenated alkanes) is 2. The average Bonchev–Trinajstić information content (AvgIpc) is 3.53. The third kappa shape index (κ3) is 6.01. The van der Waals surface area contributed by atoms with Crippen molar-refractivity contribution in [1.29, 1.82) is 0 Å². The summed E-state index contributed by atoms with van der Waals surface area (Å²) in [6, 6.07) is 12.7. The number of amides is 1. The van der Waals surface area contributed by atoms with Gasteiger partial charge in [0.05, 0.1) is 19.6 Å². The summed E-state index contributed by atoms with van der Waals surface area (Å²) in [4.78, 5) is 30.3. The second kappa shape index (κ2) is 12.3. The first-order chi connectivity index (χ1) is 18.0. The molecule has 8 heteroatoms. The van der Waals surface area contributed by atoms with Crippen LogP contribution >= 0.6 is 0 Å². The highest BCUT2D eigenvalue weighted by molar-refractivity contribution is 5.79. The van der Waals surface area contributed by atoms with Gasteiger partial charge in [0, 0.05) is 31.6 Å². The van der Waals surface area contributed by atoms with Gasteiger partial charge in [-0.2, -0.15) is 0 Å². The molecule has 1 N–H and O–H groups in total. The molecule has 0 bridgehead atoms. The highest BCUT2D eigenvalue weighted by atomic mass is 16.7. The second-order valence-corrected chi connectivity index (χ2v) is 9.82. The lowest BCUT2D eigenvalue weighted by Crippen LogP contribution is -2.42. The van der Waals surface area contributed by atoms with Gasteiger partial charge in [0.15, 0.2) is 11.5 Å². The van der Waals surface area contributed by atoms with Gasteiger partial charge in [0.2, 0.25) is 12.7 Å². The van der Waals surface area contributed by atoms with Gasteiger partial charge in [0.25, 0.3) is 0 Å². The lowest BCUT2D eigenvalue weighted by Gasteiger charge is -2.30. The van der Waals surface area contributed by atoms with Crippen molar-refractivity contribution < 1.29 is 28.9 Å². The molecule has 37 heavy (non-hydrogen) atoms. The predicted molar refractivity (Wildman–Crippen MR) is 140 cm³/mol. The van der Waals surface area contributed by atoms with Crippen LogP contribution in [0.5, 0.6) is 17.2 Å². The van der Waals surface area contributed by atoms with Gasteiger partial charge in [-0.3, -0.25) is 14.5 Å². The van der Waals surface area contributed by atoms with E-state index < -0.39 is 17.9 Å². The quantitative estimate of drug-likeness (QED) is 0.443. The molecule has 1 saturated heterocycles. The molecule has 0 spiro atoms. The largest absolute Gasteiger partial charge is 0.497 e.